The first-order chi connectivity index (χ1) is 9.80. The van der Waals surface area contributed by atoms with Crippen LogP contribution in [-0.2, 0) is 4.74 Å². The number of hydrogen-bond acceptors (Lipinski definition) is 3. The van der Waals surface area contributed by atoms with Gasteiger partial charge in [-0.1, -0.05) is 20.8 Å². The first kappa shape index (κ1) is 14.4. The summed E-state index contributed by atoms with van der Waals surface area (Å²) in [5.74, 6) is 1.11. The number of carbonyl (C=O) groups is 1. The quantitative estimate of drug-likeness (QED) is 0.852. The predicted octanol–water partition coefficient (Wildman–Crippen LogP) is 2.91. The van der Waals surface area contributed by atoms with Crippen LogP contribution in [0.1, 0.15) is 49.7 Å². The Morgan fingerprint density at radius 1 is 1.33 bits per heavy atom. The van der Waals surface area contributed by atoms with Crippen molar-refractivity contribution in [3.8, 4) is 0 Å². The predicted molar refractivity (Wildman–Crippen MR) is 80.2 cm³/mol. The number of aromatic amines is 1. The van der Waals surface area contributed by atoms with Crippen molar-refractivity contribution in [3.63, 3.8) is 0 Å². The van der Waals surface area contributed by atoms with Gasteiger partial charge in [0.05, 0.1) is 0 Å². The fraction of sp³-hybridized carbons (Fsp3) is 0.647. The number of aromatic nitrogens is 1. The third kappa shape index (κ3) is 2.21. The van der Waals surface area contributed by atoms with E-state index >= 15 is 0 Å². The van der Waals surface area contributed by atoms with E-state index in [0.29, 0.717) is 23.2 Å². The van der Waals surface area contributed by atoms with Gasteiger partial charge in [-0.3, -0.25) is 4.79 Å². The highest BCUT2D eigenvalue weighted by Crippen LogP contribution is 2.61. The Bertz CT molecular complexity index is 631. The first-order valence-corrected chi connectivity index (χ1v) is 7.71. The number of H-pyrrole nitrogens is 1. The zero-order valence-corrected chi connectivity index (χ0v) is 13.1. The van der Waals surface area contributed by atoms with Crippen molar-refractivity contribution in [2.24, 2.45) is 23.2 Å². The highest BCUT2D eigenvalue weighted by atomic mass is 16.5. The summed E-state index contributed by atoms with van der Waals surface area (Å²) in [7, 11) is 0. The van der Waals surface area contributed by atoms with Gasteiger partial charge in [0.1, 0.15) is 11.7 Å². The van der Waals surface area contributed by atoms with Crippen molar-refractivity contribution in [2.45, 2.75) is 46.6 Å². The summed E-state index contributed by atoms with van der Waals surface area (Å²) in [6.45, 7) is 8.57. The lowest BCUT2D eigenvalue weighted by atomic mass is 9.45. The van der Waals surface area contributed by atoms with E-state index in [2.05, 4.69) is 25.8 Å². The maximum absolute atomic E-state index is 12.2. The molecule has 0 amide bonds. The molecule has 1 aromatic rings. The largest absolute Gasteiger partial charge is 0.458 e. The molecule has 1 heterocycles. The molecule has 21 heavy (non-hydrogen) atoms. The number of aryl methyl sites for hydroxylation is 1. The number of pyridine rings is 1. The van der Waals surface area contributed by atoms with E-state index < -0.39 is 5.97 Å². The minimum Gasteiger partial charge on any atom is -0.458 e. The number of carbonyl (C=O) groups excluding carboxylic acids is 1. The molecule has 4 rings (SSSR count). The molecular weight excluding hydrogens is 266 g/mol. The highest BCUT2D eigenvalue weighted by Gasteiger charge is 2.57. The molecule has 0 radical (unpaired) electrons. The standard InChI is InChI=1S/C17H23NO3/c1-9-5-6-12(15(19)18-9)16(20)21-14-8-11-7-13(10(14)2)17(11,3)4/h5-6,10-11,13-14H,7-8H2,1-4H3,(H,18,19). The topological polar surface area (TPSA) is 59.2 Å². The summed E-state index contributed by atoms with van der Waals surface area (Å²) >= 11 is 0. The summed E-state index contributed by atoms with van der Waals surface area (Å²) in [6.07, 6.45) is 2.10. The third-order valence-corrected chi connectivity index (χ3v) is 5.82. The van der Waals surface area contributed by atoms with Crippen LogP contribution in [0.3, 0.4) is 0 Å². The maximum Gasteiger partial charge on any atom is 0.344 e. The van der Waals surface area contributed by atoms with Gasteiger partial charge in [0.25, 0.3) is 5.56 Å². The second kappa shape index (κ2) is 4.72. The maximum atomic E-state index is 12.2. The Morgan fingerprint density at radius 2 is 2.05 bits per heavy atom. The van der Waals surface area contributed by atoms with Crippen LogP contribution in [0.15, 0.2) is 16.9 Å². The number of esters is 1. The fourth-order valence-corrected chi connectivity index (χ4v) is 4.19. The van der Waals surface area contributed by atoms with Crippen LogP contribution in [0.2, 0.25) is 0 Å². The second-order valence-corrected chi connectivity index (χ2v) is 7.28. The van der Waals surface area contributed by atoms with E-state index in [1.165, 1.54) is 6.42 Å². The Balaban J connectivity index is 1.73. The monoisotopic (exact) mass is 289 g/mol. The lowest BCUT2D eigenvalue weighted by Gasteiger charge is -2.61. The molecule has 3 aliphatic carbocycles. The summed E-state index contributed by atoms with van der Waals surface area (Å²) < 4.78 is 5.65. The van der Waals surface area contributed by atoms with Crippen molar-refractivity contribution in [3.05, 3.63) is 33.7 Å². The van der Waals surface area contributed by atoms with E-state index in [9.17, 15) is 9.59 Å². The van der Waals surface area contributed by atoms with E-state index in [1.807, 2.05) is 0 Å². The minimum absolute atomic E-state index is 0.0602. The summed E-state index contributed by atoms with van der Waals surface area (Å²) in [5, 5.41) is 0. The molecule has 4 heteroatoms. The van der Waals surface area contributed by atoms with E-state index in [-0.39, 0.29) is 17.2 Å². The van der Waals surface area contributed by atoms with Gasteiger partial charge in [-0.2, -0.15) is 0 Å². The van der Waals surface area contributed by atoms with Gasteiger partial charge in [0.2, 0.25) is 0 Å². The van der Waals surface area contributed by atoms with Crippen LogP contribution in [0.4, 0.5) is 0 Å². The van der Waals surface area contributed by atoms with Crippen molar-refractivity contribution >= 4 is 5.97 Å². The van der Waals surface area contributed by atoms with Crippen molar-refractivity contribution in [1.29, 1.82) is 0 Å². The molecule has 2 bridgehead atoms. The molecule has 1 aromatic heterocycles. The van der Waals surface area contributed by atoms with Gasteiger partial charge in [-0.15, -0.1) is 0 Å². The number of fused-ring (bicyclic) bond motifs is 2. The SMILES string of the molecule is Cc1ccc(C(=O)OC2CC3CC(C2C)C3(C)C)c(=O)[nH]1. The van der Waals surface area contributed by atoms with Crippen molar-refractivity contribution < 1.29 is 9.53 Å². The molecule has 0 saturated heterocycles. The number of ether oxygens (including phenoxy) is 1. The third-order valence-electron chi connectivity index (χ3n) is 5.82. The molecule has 3 aliphatic rings. The molecular formula is C17H23NO3. The molecule has 4 atom stereocenters. The van der Waals surface area contributed by atoms with Crippen molar-refractivity contribution in [1.82, 2.24) is 4.98 Å². The van der Waals surface area contributed by atoms with Gasteiger partial charge in [0, 0.05) is 5.69 Å². The first-order valence-electron chi connectivity index (χ1n) is 7.71. The summed E-state index contributed by atoms with van der Waals surface area (Å²) in [6, 6.07) is 3.28. The molecule has 114 valence electrons. The van der Waals surface area contributed by atoms with Gasteiger partial charge >= 0.3 is 5.97 Å². The van der Waals surface area contributed by atoms with Crippen LogP contribution in [0.5, 0.6) is 0 Å². The van der Waals surface area contributed by atoms with Crippen LogP contribution < -0.4 is 5.56 Å². The normalized spacial score (nSPS) is 33.1. The number of hydrogen-bond donors (Lipinski definition) is 1. The average molecular weight is 289 g/mol. The molecule has 3 fully saturated rings. The number of rotatable bonds is 2. The van der Waals surface area contributed by atoms with Crippen molar-refractivity contribution in [2.75, 3.05) is 0 Å². The van der Waals surface area contributed by atoms with Gasteiger partial charge in [-0.05, 0) is 55.1 Å². The smallest absolute Gasteiger partial charge is 0.344 e. The molecule has 3 saturated carbocycles. The summed E-state index contributed by atoms with van der Waals surface area (Å²) in [4.78, 5) is 26.7. The van der Waals surface area contributed by atoms with Gasteiger partial charge in [0.15, 0.2) is 0 Å². The lowest BCUT2D eigenvalue weighted by molar-refractivity contribution is -0.156. The highest BCUT2D eigenvalue weighted by molar-refractivity contribution is 5.89. The zero-order valence-electron chi connectivity index (χ0n) is 13.1. The Hall–Kier alpha value is -1.58. The Morgan fingerprint density at radius 3 is 2.62 bits per heavy atom. The average Bonchev–Trinajstić information content (AvgIpc) is 2.40. The van der Waals surface area contributed by atoms with Crippen LogP contribution >= 0.6 is 0 Å². The molecule has 1 N–H and O–H groups in total. The molecule has 4 nitrogen and oxygen atoms in total. The van der Waals surface area contributed by atoms with Crippen LogP contribution in [0.25, 0.3) is 0 Å². The Labute approximate surface area is 124 Å². The zero-order chi connectivity index (χ0) is 15.4. The van der Waals surface area contributed by atoms with Gasteiger partial charge in [-0.25, -0.2) is 4.79 Å². The Kier molecular flexibility index (Phi) is 3.23. The van der Waals surface area contributed by atoms with Gasteiger partial charge < -0.3 is 9.72 Å². The second-order valence-electron chi connectivity index (χ2n) is 7.28. The van der Waals surface area contributed by atoms with E-state index in [0.717, 1.165) is 12.1 Å². The van der Waals surface area contributed by atoms with Crippen LogP contribution in [0, 0.1) is 30.1 Å². The minimum atomic E-state index is -0.493. The molecule has 0 aromatic carbocycles. The van der Waals surface area contributed by atoms with E-state index in [4.69, 9.17) is 4.74 Å². The van der Waals surface area contributed by atoms with Crippen LogP contribution in [-0.4, -0.2) is 17.1 Å². The lowest BCUT2D eigenvalue weighted by Crippen LogP contribution is -2.57. The number of nitrogens with one attached hydrogen (secondary N) is 1. The van der Waals surface area contributed by atoms with E-state index in [1.54, 1.807) is 19.1 Å². The molecule has 0 spiro atoms. The molecule has 0 aliphatic heterocycles. The fourth-order valence-electron chi connectivity index (χ4n) is 4.19. The molecule has 4 unspecified atom stereocenters. The summed E-state index contributed by atoms with van der Waals surface area (Å²) in [5.41, 5.74) is 0.842.